The number of nitrogens with zero attached hydrogens (tertiary/aromatic N) is 1. The van der Waals surface area contributed by atoms with Crippen molar-refractivity contribution in [3.05, 3.63) is 70.4 Å². The summed E-state index contributed by atoms with van der Waals surface area (Å²) in [5.74, 6) is 0.823. The van der Waals surface area contributed by atoms with Gasteiger partial charge in [0.2, 0.25) is 5.91 Å². The lowest BCUT2D eigenvalue weighted by atomic mass is 9.91. The summed E-state index contributed by atoms with van der Waals surface area (Å²) in [5, 5.41) is 3.20. The van der Waals surface area contributed by atoms with E-state index in [1.165, 1.54) is 23.5 Å². The molecule has 1 atom stereocenters. The van der Waals surface area contributed by atoms with Crippen LogP contribution in [-0.4, -0.2) is 10.9 Å². The quantitative estimate of drug-likeness (QED) is 0.731. The number of rotatable bonds is 4. The van der Waals surface area contributed by atoms with Crippen LogP contribution >= 0.6 is 11.3 Å². The van der Waals surface area contributed by atoms with Gasteiger partial charge in [0.1, 0.15) is 24.0 Å². The summed E-state index contributed by atoms with van der Waals surface area (Å²) in [6.07, 6.45) is 0.359. The summed E-state index contributed by atoms with van der Waals surface area (Å²) < 4.78 is 18.9. The molecule has 3 N–H and O–H groups in total. The van der Waals surface area contributed by atoms with Crippen LogP contribution in [0.4, 0.5) is 15.3 Å². The number of carbonyl (C=O) groups is 1. The van der Waals surface area contributed by atoms with Gasteiger partial charge in [-0.25, -0.2) is 9.37 Å². The summed E-state index contributed by atoms with van der Waals surface area (Å²) in [7, 11) is 0. The van der Waals surface area contributed by atoms with Crippen molar-refractivity contribution in [2.24, 2.45) is 0 Å². The molecule has 26 heavy (non-hydrogen) atoms. The molecule has 4 rings (SSSR count). The van der Waals surface area contributed by atoms with E-state index < -0.39 is 0 Å². The Morgan fingerprint density at radius 2 is 2.08 bits per heavy atom. The third kappa shape index (κ3) is 3.39. The Kier molecular flexibility index (Phi) is 4.30. The first-order chi connectivity index (χ1) is 12.6. The van der Waals surface area contributed by atoms with Crippen LogP contribution < -0.4 is 15.8 Å². The largest absolute Gasteiger partial charge is 0.489 e. The van der Waals surface area contributed by atoms with E-state index in [2.05, 4.69) is 10.3 Å². The Labute approximate surface area is 153 Å². The lowest BCUT2D eigenvalue weighted by Crippen LogP contribution is -2.22. The van der Waals surface area contributed by atoms with Gasteiger partial charge in [0.25, 0.3) is 0 Å². The predicted molar refractivity (Wildman–Crippen MR) is 98.8 cm³/mol. The first-order valence-electron chi connectivity index (χ1n) is 8.12. The van der Waals surface area contributed by atoms with Crippen LogP contribution in [0.25, 0.3) is 0 Å². The van der Waals surface area contributed by atoms with Crippen molar-refractivity contribution in [1.29, 1.82) is 0 Å². The number of benzene rings is 2. The third-order valence-electron chi connectivity index (χ3n) is 4.21. The second-order valence-corrected chi connectivity index (χ2v) is 7.12. The zero-order valence-electron chi connectivity index (χ0n) is 13.7. The molecular weight excluding hydrogens is 353 g/mol. The molecule has 0 saturated carbocycles. The van der Waals surface area contributed by atoms with Gasteiger partial charge in [-0.2, -0.15) is 0 Å². The van der Waals surface area contributed by atoms with E-state index in [1.807, 2.05) is 30.3 Å². The van der Waals surface area contributed by atoms with Gasteiger partial charge in [-0.15, -0.1) is 0 Å². The van der Waals surface area contributed by atoms with Crippen molar-refractivity contribution in [2.45, 2.75) is 18.9 Å². The molecular formula is C19H16FN3O2S. The number of nitrogens with two attached hydrogens (primary N) is 1. The highest BCUT2D eigenvalue weighted by Gasteiger charge is 2.29. The molecule has 2 aromatic carbocycles. The average Bonchev–Trinajstić information content (AvgIpc) is 3.00. The number of hydrogen-bond donors (Lipinski definition) is 2. The number of aromatic nitrogens is 1. The van der Waals surface area contributed by atoms with Gasteiger partial charge in [-0.3, -0.25) is 4.79 Å². The molecule has 1 aliphatic heterocycles. The van der Waals surface area contributed by atoms with Crippen LogP contribution in [0.5, 0.6) is 5.75 Å². The minimum absolute atomic E-state index is 0.0641. The number of hydrogen-bond acceptors (Lipinski definition) is 5. The minimum atomic E-state index is -0.281. The zero-order chi connectivity index (χ0) is 18.1. The summed E-state index contributed by atoms with van der Waals surface area (Å²) >= 11 is 1.39. The number of nitrogen functional groups attached to an aromatic ring is 1. The standard InChI is InChI=1S/C19H16FN3O2S/c20-13-3-1-2-11(8-13)10-25-14-6-4-12(5-7-14)15-9-16(24)22-18-17(15)26-19(21)23-18/h1-8,15H,9-10H2,(H2,21,23)(H,22,24)/t15-/m1/s1. The number of halogens is 1. The summed E-state index contributed by atoms with van der Waals surface area (Å²) in [6.45, 7) is 0.290. The lowest BCUT2D eigenvalue weighted by Gasteiger charge is -2.21. The van der Waals surface area contributed by atoms with E-state index in [1.54, 1.807) is 6.07 Å². The van der Waals surface area contributed by atoms with E-state index >= 15 is 0 Å². The number of fused-ring (bicyclic) bond motifs is 1. The smallest absolute Gasteiger partial charge is 0.226 e. The Balaban J connectivity index is 1.50. The lowest BCUT2D eigenvalue weighted by molar-refractivity contribution is -0.116. The van der Waals surface area contributed by atoms with Crippen LogP contribution in [0.2, 0.25) is 0 Å². The zero-order valence-corrected chi connectivity index (χ0v) is 14.6. The van der Waals surface area contributed by atoms with Crippen LogP contribution in [0.1, 0.15) is 28.3 Å². The first-order valence-corrected chi connectivity index (χ1v) is 8.93. The van der Waals surface area contributed by atoms with Gasteiger partial charge in [0.15, 0.2) is 5.13 Å². The summed E-state index contributed by atoms with van der Waals surface area (Å²) in [6, 6.07) is 13.9. The number of ether oxygens (including phenoxy) is 1. The topological polar surface area (TPSA) is 77.2 Å². The van der Waals surface area contributed by atoms with Crippen LogP contribution in [0, 0.1) is 5.82 Å². The third-order valence-corrected chi connectivity index (χ3v) is 5.21. The Hall–Kier alpha value is -2.93. The molecule has 1 aliphatic rings. The van der Waals surface area contributed by atoms with Gasteiger partial charge in [0, 0.05) is 12.3 Å². The molecule has 7 heteroatoms. The van der Waals surface area contributed by atoms with Gasteiger partial charge < -0.3 is 15.8 Å². The van der Waals surface area contributed by atoms with E-state index in [9.17, 15) is 9.18 Å². The van der Waals surface area contributed by atoms with E-state index in [0.717, 1.165) is 16.0 Å². The predicted octanol–water partition coefficient (Wildman–Crippen LogP) is 3.92. The molecule has 0 bridgehead atoms. The fourth-order valence-corrected chi connectivity index (χ4v) is 3.91. The molecule has 2 heterocycles. The second kappa shape index (κ2) is 6.76. The van der Waals surface area contributed by atoms with Gasteiger partial charge >= 0.3 is 0 Å². The van der Waals surface area contributed by atoms with Crippen LogP contribution in [0.3, 0.4) is 0 Å². The number of amides is 1. The highest BCUT2D eigenvalue weighted by Crippen LogP contribution is 2.41. The van der Waals surface area contributed by atoms with Gasteiger partial charge in [0.05, 0.1) is 4.88 Å². The van der Waals surface area contributed by atoms with Crippen molar-refractivity contribution in [2.75, 3.05) is 11.1 Å². The monoisotopic (exact) mass is 369 g/mol. The molecule has 0 fully saturated rings. The average molecular weight is 369 g/mol. The second-order valence-electron chi connectivity index (χ2n) is 6.06. The van der Waals surface area contributed by atoms with Crippen molar-refractivity contribution < 1.29 is 13.9 Å². The van der Waals surface area contributed by atoms with Crippen molar-refractivity contribution >= 4 is 28.2 Å². The minimum Gasteiger partial charge on any atom is -0.489 e. The van der Waals surface area contributed by atoms with E-state index in [0.29, 0.717) is 29.7 Å². The number of anilines is 2. The molecule has 1 aromatic heterocycles. The molecule has 0 saturated heterocycles. The molecule has 132 valence electrons. The molecule has 0 spiro atoms. The fourth-order valence-electron chi connectivity index (χ4n) is 3.00. The van der Waals surface area contributed by atoms with Crippen molar-refractivity contribution in [3.8, 4) is 5.75 Å². The Morgan fingerprint density at radius 3 is 2.85 bits per heavy atom. The number of thiazole rings is 1. The normalized spacial score (nSPS) is 16.0. The molecule has 5 nitrogen and oxygen atoms in total. The highest BCUT2D eigenvalue weighted by molar-refractivity contribution is 7.16. The van der Waals surface area contributed by atoms with Crippen molar-refractivity contribution in [3.63, 3.8) is 0 Å². The Morgan fingerprint density at radius 1 is 1.27 bits per heavy atom. The number of carbonyl (C=O) groups excluding carboxylic acids is 1. The molecule has 0 aliphatic carbocycles. The molecule has 1 amide bonds. The summed E-state index contributed by atoms with van der Waals surface area (Å²) in [5.41, 5.74) is 7.55. The SMILES string of the molecule is Nc1nc2c(s1)[C@@H](c1ccc(OCc3cccc(F)c3)cc1)CC(=O)N2. The maximum atomic E-state index is 13.2. The number of nitrogens with one attached hydrogen (secondary N) is 1. The van der Waals surface area contributed by atoms with Gasteiger partial charge in [-0.1, -0.05) is 35.6 Å². The Bertz CT molecular complexity index is 956. The van der Waals surface area contributed by atoms with Crippen molar-refractivity contribution in [1.82, 2.24) is 4.98 Å². The van der Waals surface area contributed by atoms with E-state index in [4.69, 9.17) is 10.5 Å². The fraction of sp³-hybridized carbons (Fsp3) is 0.158. The van der Waals surface area contributed by atoms with E-state index in [-0.39, 0.29) is 17.6 Å². The molecule has 3 aromatic rings. The maximum Gasteiger partial charge on any atom is 0.226 e. The van der Waals surface area contributed by atoms with Gasteiger partial charge in [-0.05, 0) is 35.4 Å². The highest BCUT2D eigenvalue weighted by atomic mass is 32.1. The van der Waals surface area contributed by atoms with Crippen LogP contribution in [0.15, 0.2) is 48.5 Å². The summed E-state index contributed by atoms with van der Waals surface area (Å²) in [4.78, 5) is 17.1. The molecule has 0 unspecified atom stereocenters. The first kappa shape index (κ1) is 16.5. The molecule has 0 radical (unpaired) electrons. The van der Waals surface area contributed by atoms with Crippen LogP contribution in [-0.2, 0) is 11.4 Å². The maximum absolute atomic E-state index is 13.2.